The van der Waals surface area contributed by atoms with Crippen LogP contribution in [0.5, 0.6) is 11.5 Å². The lowest BCUT2D eigenvalue weighted by Crippen LogP contribution is -2.00. The zero-order valence-electron chi connectivity index (χ0n) is 10.9. The molecule has 0 spiro atoms. The summed E-state index contributed by atoms with van der Waals surface area (Å²) in [4.78, 5) is 10.3. The van der Waals surface area contributed by atoms with Crippen LogP contribution in [-0.2, 0) is 0 Å². The zero-order valence-corrected chi connectivity index (χ0v) is 12.5. The van der Waals surface area contributed by atoms with Crippen LogP contribution in [0, 0.1) is 15.9 Å². The predicted octanol–water partition coefficient (Wildman–Crippen LogP) is 4.34. The third-order valence-corrected chi connectivity index (χ3v) is 3.59. The van der Waals surface area contributed by atoms with Crippen molar-refractivity contribution in [2.45, 2.75) is 13.0 Å². The Bertz CT molecular complexity index is 691. The zero-order chi connectivity index (χ0) is 15.6. The Morgan fingerprint density at radius 3 is 2.52 bits per heavy atom. The van der Waals surface area contributed by atoms with Crippen molar-refractivity contribution in [2.24, 2.45) is 0 Å². The first-order valence-electron chi connectivity index (χ1n) is 5.99. The molecular formula is C14H11BrFNO4. The summed E-state index contributed by atoms with van der Waals surface area (Å²) in [5.41, 5.74) is -0.168. The Hall–Kier alpha value is -1.99. The van der Waals surface area contributed by atoms with E-state index >= 15 is 0 Å². The molecule has 21 heavy (non-hydrogen) atoms. The van der Waals surface area contributed by atoms with E-state index in [9.17, 15) is 19.6 Å². The molecule has 7 heteroatoms. The van der Waals surface area contributed by atoms with Crippen LogP contribution < -0.4 is 4.74 Å². The summed E-state index contributed by atoms with van der Waals surface area (Å²) in [7, 11) is 0. The number of ether oxygens (including phenoxy) is 1. The van der Waals surface area contributed by atoms with Crippen LogP contribution in [0.3, 0.4) is 0 Å². The Balaban J connectivity index is 2.47. The molecule has 0 radical (unpaired) electrons. The molecule has 0 aliphatic heterocycles. The second-order valence-electron chi connectivity index (χ2n) is 4.28. The van der Waals surface area contributed by atoms with Gasteiger partial charge in [0.2, 0.25) is 0 Å². The minimum Gasteiger partial charge on any atom is -0.455 e. The van der Waals surface area contributed by atoms with E-state index in [2.05, 4.69) is 15.9 Å². The Morgan fingerprint density at radius 2 is 1.90 bits per heavy atom. The van der Waals surface area contributed by atoms with Crippen LogP contribution in [0.1, 0.15) is 18.6 Å². The first-order chi connectivity index (χ1) is 9.91. The number of aliphatic hydroxyl groups excluding tert-OH is 1. The fraction of sp³-hybridized carbons (Fsp3) is 0.143. The molecule has 0 aliphatic carbocycles. The Morgan fingerprint density at radius 1 is 1.29 bits per heavy atom. The molecule has 5 nitrogen and oxygen atoms in total. The summed E-state index contributed by atoms with van der Waals surface area (Å²) in [6, 6.07) is 8.40. The number of aliphatic hydroxyl groups is 1. The van der Waals surface area contributed by atoms with Crippen LogP contribution in [-0.4, -0.2) is 10.0 Å². The second-order valence-corrected chi connectivity index (χ2v) is 5.07. The van der Waals surface area contributed by atoms with Crippen molar-refractivity contribution in [3.63, 3.8) is 0 Å². The largest absolute Gasteiger partial charge is 0.455 e. The van der Waals surface area contributed by atoms with Gasteiger partial charge in [0.05, 0.1) is 16.6 Å². The van der Waals surface area contributed by atoms with Gasteiger partial charge in [0.1, 0.15) is 21.8 Å². The van der Waals surface area contributed by atoms with E-state index in [4.69, 9.17) is 4.74 Å². The third kappa shape index (κ3) is 3.20. The van der Waals surface area contributed by atoms with Crippen LogP contribution >= 0.6 is 15.9 Å². The molecule has 2 aromatic rings. The van der Waals surface area contributed by atoms with Crippen molar-refractivity contribution in [1.29, 1.82) is 0 Å². The highest BCUT2D eigenvalue weighted by molar-refractivity contribution is 9.10. The number of benzene rings is 2. The van der Waals surface area contributed by atoms with E-state index in [-0.39, 0.29) is 27.2 Å². The first kappa shape index (κ1) is 15.4. The maximum Gasteiger partial charge on any atom is 0.287 e. The molecule has 0 aromatic heterocycles. The van der Waals surface area contributed by atoms with E-state index < -0.39 is 16.8 Å². The van der Waals surface area contributed by atoms with E-state index in [1.54, 1.807) is 0 Å². The standard InChI is InChI=1S/C14H11BrFNO4/c1-8(18)13-9(16)4-2-6-11(13)21-12-7-3-5-10(14(12)15)17(19)20/h2-8,18H,1H3. The van der Waals surface area contributed by atoms with Gasteiger partial charge >= 0.3 is 0 Å². The lowest BCUT2D eigenvalue weighted by atomic mass is 10.1. The molecule has 0 bridgehead atoms. The molecule has 1 N–H and O–H groups in total. The maximum atomic E-state index is 13.8. The normalized spacial score (nSPS) is 12.0. The monoisotopic (exact) mass is 355 g/mol. The quantitative estimate of drug-likeness (QED) is 0.653. The van der Waals surface area contributed by atoms with Crippen molar-refractivity contribution < 1.29 is 19.2 Å². The summed E-state index contributed by atoms with van der Waals surface area (Å²) in [6.07, 6.45) is -1.07. The summed E-state index contributed by atoms with van der Waals surface area (Å²) >= 11 is 3.10. The highest BCUT2D eigenvalue weighted by atomic mass is 79.9. The van der Waals surface area contributed by atoms with Gasteiger partial charge in [-0.05, 0) is 41.1 Å². The van der Waals surface area contributed by atoms with Gasteiger partial charge in [-0.3, -0.25) is 10.1 Å². The highest BCUT2D eigenvalue weighted by Crippen LogP contribution is 2.38. The minimum atomic E-state index is -1.07. The number of nitro benzene ring substituents is 1. The van der Waals surface area contributed by atoms with Gasteiger partial charge in [-0.1, -0.05) is 12.1 Å². The van der Waals surface area contributed by atoms with Gasteiger partial charge in [0.25, 0.3) is 5.69 Å². The van der Waals surface area contributed by atoms with Gasteiger partial charge in [-0.15, -0.1) is 0 Å². The third-order valence-electron chi connectivity index (χ3n) is 2.79. The van der Waals surface area contributed by atoms with E-state index in [0.29, 0.717) is 0 Å². The average molecular weight is 356 g/mol. The van der Waals surface area contributed by atoms with E-state index in [1.807, 2.05) is 0 Å². The molecule has 1 atom stereocenters. The fourth-order valence-corrected chi connectivity index (χ4v) is 2.34. The maximum absolute atomic E-state index is 13.8. The molecule has 2 rings (SSSR count). The molecule has 0 saturated heterocycles. The molecule has 0 saturated carbocycles. The van der Waals surface area contributed by atoms with Crippen molar-refractivity contribution in [1.82, 2.24) is 0 Å². The molecule has 0 amide bonds. The van der Waals surface area contributed by atoms with E-state index in [0.717, 1.165) is 0 Å². The summed E-state index contributed by atoms with van der Waals surface area (Å²) < 4.78 is 19.4. The lowest BCUT2D eigenvalue weighted by molar-refractivity contribution is -0.385. The van der Waals surface area contributed by atoms with Crippen molar-refractivity contribution in [3.05, 3.63) is 62.4 Å². The topological polar surface area (TPSA) is 72.6 Å². The minimum absolute atomic E-state index is 0.00379. The number of halogens is 2. The summed E-state index contributed by atoms with van der Waals surface area (Å²) in [6.45, 7) is 1.41. The van der Waals surface area contributed by atoms with Crippen LogP contribution in [0.15, 0.2) is 40.9 Å². The van der Waals surface area contributed by atoms with Crippen LogP contribution in [0.2, 0.25) is 0 Å². The number of rotatable bonds is 4. The van der Waals surface area contributed by atoms with Crippen molar-refractivity contribution >= 4 is 21.6 Å². The fourth-order valence-electron chi connectivity index (χ4n) is 1.85. The number of nitro groups is 1. The highest BCUT2D eigenvalue weighted by Gasteiger charge is 2.19. The van der Waals surface area contributed by atoms with Crippen molar-refractivity contribution in [3.8, 4) is 11.5 Å². The number of hydrogen-bond donors (Lipinski definition) is 1. The van der Waals surface area contributed by atoms with Gasteiger partial charge < -0.3 is 9.84 Å². The summed E-state index contributed by atoms with van der Waals surface area (Å²) in [5.74, 6) is -0.341. The summed E-state index contributed by atoms with van der Waals surface area (Å²) in [5, 5.41) is 20.5. The van der Waals surface area contributed by atoms with Gasteiger partial charge in [-0.2, -0.15) is 0 Å². The molecule has 0 aliphatic rings. The first-order valence-corrected chi connectivity index (χ1v) is 6.78. The van der Waals surface area contributed by atoms with Crippen LogP contribution in [0.25, 0.3) is 0 Å². The lowest BCUT2D eigenvalue weighted by Gasteiger charge is -2.14. The Kier molecular flexibility index (Phi) is 4.54. The average Bonchev–Trinajstić information content (AvgIpc) is 2.40. The molecule has 0 fully saturated rings. The SMILES string of the molecule is CC(O)c1c(F)cccc1Oc1cccc([N+](=O)[O-])c1Br. The van der Waals surface area contributed by atoms with Gasteiger partial charge in [-0.25, -0.2) is 4.39 Å². The van der Waals surface area contributed by atoms with Gasteiger partial charge in [0, 0.05) is 6.07 Å². The predicted molar refractivity (Wildman–Crippen MR) is 77.9 cm³/mol. The van der Waals surface area contributed by atoms with Crippen molar-refractivity contribution in [2.75, 3.05) is 0 Å². The van der Waals surface area contributed by atoms with Gasteiger partial charge in [0.15, 0.2) is 0 Å². The second kappa shape index (κ2) is 6.19. The smallest absolute Gasteiger partial charge is 0.287 e. The number of hydrogen-bond acceptors (Lipinski definition) is 4. The molecule has 110 valence electrons. The molecule has 1 unspecified atom stereocenters. The Labute approximate surface area is 128 Å². The number of nitrogens with zero attached hydrogens (tertiary/aromatic N) is 1. The van der Waals surface area contributed by atoms with E-state index in [1.165, 1.54) is 43.3 Å². The van der Waals surface area contributed by atoms with Crippen LogP contribution in [0.4, 0.5) is 10.1 Å². The molecule has 2 aromatic carbocycles. The molecule has 0 heterocycles. The molecular weight excluding hydrogens is 345 g/mol.